The summed E-state index contributed by atoms with van der Waals surface area (Å²) in [4.78, 5) is 15.4. The van der Waals surface area contributed by atoms with Crippen molar-refractivity contribution in [3.05, 3.63) is 54.4 Å². The maximum Gasteiger partial charge on any atom is 0.140 e. The Bertz CT molecular complexity index is 871. The first-order valence-corrected chi connectivity index (χ1v) is 8.16. The molecule has 122 valence electrons. The van der Waals surface area contributed by atoms with E-state index in [1.165, 1.54) is 5.57 Å². The van der Waals surface area contributed by atoms with E-state index in [-0.39, 0.29) is 0 Å². The number of nitrogens with one attached hydrogen (secondary N) is 1. The van der Waals surface area contributed by atoms with Crippen molar-refractivity contribution in [2.24, 2.45) is 5.92 Å². The van der Waals surface area contributed by atoms with Gasteiger partial charge in [-0.15, -0.1) is 0 Å². The molecule has 0 amide bonds. The highest BCUT2D eigenvalue weighted by Crippen LogP contribution is 2.34. The highest BCUT2D eigenvalue weighted by atomic mass is 15.2. The van der Waals surface area contributed by atoms with Crippen molar-refractivity contribution in [3.63, 3.8) is 0 Å². The molecule has 3 aromatic rings. The molecule has 0 saturated heterocycles. The number of allylic oxidation sites excluding steroid dienone is 1. The monoisotopic (exact) mass is 320 g/mol. The summed E-state index contributed by atoms with van der Waals surface area (Å²) < 4.78 is 0. The zero-order valence-electron chi connectivity index (χ0n) is 13.7. The van der Waals surface area contributed by atoms with E-state index in [0.717, 1.165) is 54.0 Å². The molecule has 1 aliphatic rings. The Hall–Kier alpha value is -2.76. The number of nitrogens with zero attached hydrogens (tertiary/aromatic N) is 5. The average Bonchev–Trinajstić information content (AvgIpc) is 2.97. The van der Waals surface area contributed by atoms with Crippen LogP contribution in [-0.4, -0.2) is 31.7 Å². The minimum absolute atomic E-state index is 0.629. The first kappa shape index (κ1) is 14.8. The van der Waals surface area contributed by atoms with E-state index in [4.69, 9.17) is 0 Å². The third kappa shape index (κ3) is 2.87. The van der Waals surface area contributed by atoms with Gasteiger partial charge in [-0.2, -0.15) is 5.10 Å². The molecule has 1 aliphatic carbocycles. The molecular formula is C18H20N6. The van der Waals surface area contributed by atoms with Gasteiger partial charge in [-0.3, -0.25) is 10.1 Å². The number of anilines is 1. The predicted molar refractivity (Wildman–Crippen MR) is 93.6 cm³/mol. The quantitative estimate of drug-likeness (QED) is 0.732. The SMILES string of the molecule is C=C1CC(CN(Cc2cc(C)[nH]n2)c2ncnc3cnccc23)C1. The number of aromatic amines is 1. The highest BCUT2D eigenvalue weighted by molar-refractivity contribution is 5.88. The van der Waals surface area contributed by atoms with E-state index in [9.17, 15) is 0 Å². The third-order valence-corrected chi connectivity index (χ3v) is 4.46. The topological polar surface area (TPSA) is 70.6 Å². The van der Waals surface area contributed by atoms with Crippen LogP contribution in [0.1, 0.15) is 24.2 Å². The maximum atomic E-state index is 4.57. The Kier molecular flexibility index (Phi) is 3.72. The molecule has 4 rings (SSSR count). The molecule has 6 nitrogen and oxygen atoms in total. The lowest BCUT2D eigenvalue weighted by molar-refractivity contribution is 0.414. The Labute approximate surface area is 140 Å². The summed E-state index contributed by atoms with van der Waals surface area (Å²) in [5.41, 5.74) is 4.29. The molecule has 0 radical (unpaired) electrons. The molecule has 6 heteroatoms. The lowest BCUT2D eigenvalue weighted by Gasteiger charge is -2.34. The summed E-state index contributed by atoms with van der Waals surface area (Å²) in [6.45, 7) is 7.74. The van der Waals surface area contributed by atoms with Crippen molar-refractivity contribution in [2.45, 2.75) is 26.3 Å². The summed E-state index contributed by atoms with van der Waals surface area (Å²) in [5.74, 6) is 1.57. The van der Waals surface area contributed by atoms with Gasteiger partial charge in [-0.25, -0.2) is 9.97 Å². The third-order valence-electron chi connectivity index (χ3n) is 4.46. The van der Waals surface area contributed by atoms with Crippen LogP contribution in [0.25, 0.3) is 10.9 Å². The van der Waals surface area contributed by atoms with Crippen LogP contribution >= 0.6 is 0 Å². The second-order valence-electron chi connectivity index (χ2n) is 6.54. The van der Waals surface area contributed by atoms with Crippen molar-refractivity contribution in [1.29, 1.82) is 0 Å². The lowest BCUT2D eigenvalue weighted by Crippen LogP contribution is -2.33. The van der Waals surface area contributed by atoms with Crippen molar-refractivity contribution in [2.75, 3.05) is 11.4 Å². The van der Waals surface area contributed by atoms with Crippen LogP contribution in [0.15, 0.2) is 43.0 Å². The minimum Gasteiger partial charge on any atom is -0.350 e. The van der Waals surface area contributed by atoms with Crippen LogP contribution in [0.2, 0.25) is 0 Å². The molecule has 0 bridgehead atoms. The number of H-pyrrole nitrogens is 1. The van der Waals surface area contributed by atoms with E-state index >= 15 is 0 Å². The Balaban J connectivity index is 1.68. The van der Waals surface area contributed by atoms with Gasteiger partial charge >= 0.3 is 0 Å². The first-order valence-electron chi connectivity index (χ1n) is 8.16. The average molecular weight is 320 g/mol. The van der Waals surface area contributed by atoms with E-state index in [1.54, 1.807) is 18.7 Å². The van der Waals surface area contributed by atoms with Gasteiger partial charge in [0.05, 0.1) is 24.0 Å². The molecule has 0 atom stereocenters. The van der Waals surface area contributed by atoms with Gasteiger partial charge < -0.3 is 4.90 Å². The van der Waals surface area contributed by atoms with Gasteiger partial charge in [-0.1, -0.05) is 12.2 Å². The smallest absolute Gasteiger partial charge is 0.140 e. The Morgan fingerprint density at radius 3 is 2.96 bits per heavy atom. The van der Waals surface area contributed by atoms with E-state index < -0.39 is 0 Å². The number of rotatable bonds is 5. The fraction of sp³-hybridized carbons (Fsp3) is 0.333. The van der Waals surface area contributed by atoms with Crippen molar-refractivity contribution in [1.82, 2.24) is 25.1 Å². The molecule has 0 aliphatic heterocycles. The maximum absolute atomic E-state index is 4.57. The Morgan fingerprint density at radius 2 is 2.21 bits per heavy atom. The number of pyridine rings is 1. The van der Waals surface area contributed by atoms with Crippen molar-refractivity contribution >= 4 is 16.7 Å². The van der Waals surface area contributed by atoms with Crippen molar-refractivity contribution in [3.8, 4) is 0 Å². The fourth-order valence-corrected chi connectivity index (χ4v) is 3.32. The molecule has 1 saturated carbocycles. The number of hydrogen-bond donors (Lipinski definition) is 1. The van der Waals surface area contributed by atoms with E-state index in [1.807, 2.05) is 13.0 Å². The summed E-state index contributed by atoms with van der Waals surface area (Å²) in [6.07, 6.45) is 7.38. The van der Waals surface area contributed by atoms with Crippen molar-refractivity contribution < 1.29 is 0 Å². The summed E-state index contributed by atoms with van der Waals surface area (Å²) >= 11 is 0. The standard InChI is InChI=1S/C18H20N6/c1-12-5-14(6-12)9-24(10-15-7-13(2)22-23-15)18-16-3-4-19-8-17(16)20-11-21-18/h3-4,7-8,11,14H,1,5-6,9-10H2,2H3,(H,22,23). The van der Waals surface area contributed by atoms with Gasteiger partial charge in [0, 0.05) is 23.8 Å². The molecule has 1 fully saturated rings. The largest absolute Gasteiger partial charge is 0.350 e. The molecule has 0 unspecified atom stereocenters. The molecular weight excluding hydrogens is 300 g/mol. The van der Waals surface area contributed by atoms with Crippen LogP contribution in [0.5, 0.6) is 0 Å². The second kappa shape index (κ2) is 6.03. The molecule has 3 heterocycles. The van der Waals surface area contributed by atoms with Crippen LogP contribution in [0.4, 0.5) is 5.82 Å². The zero-order valence-corrected chi connectivity index (χ0v) is 13.7. The summed E-state index contributed by atoms with van der Waals surface area (Å²) in [5, 5.41) is 8.43. The van der Waals surface area contributed by atoms with Crippen LogP contribution < -0.4 is 4.90 Å². The summed E-state index contributed by atoms with van der Waals surface area (Å²) in [6, 6.07) is 4.06. The molecule has 24 heavy (non-hydrogen) atoms. The molecule has 1 N–H and O–H groups in total. The number of aryl methyl sites for hydroxylation is 1. The van der Waals surface area contributed by atoms with Crippen LogP contribution in [0.3, 0.4) is 0 Å². The lowest BCUT2D eigenvalue weighted by atomic mass is 9.81. The minimum atomic E-state index is 0.629. The number of aromatic nitrogens is 5. The predicted octanol–water partition coefficient (Wildman–Crippen LogP) is 3.03. The molecule has 3 aromatic heterocycles. The van der Waals surface area contributed by atoms with Gasteiger partial charge in [0.1, 0.15) is 12.1 Å². The normalized spacial score (nSPS) is 14.8. The van der Waals surface area contributed by atoms with Gasteiger partial charge in [-0.05, 0) is 37.8 Å². The van der Waals surface area contributed by atoms with Gasteiger partial charge in [0.2, 0.25) is 0 Å². The molecule has 0 spiro atoms. The van der Waals surface area contributed by atoms with Gasteiger partial charge in [0.15, 0.2) is 0 Å². The first-order chi connectivity index (χ1) is 11.7. The highest BCUT2D eigenvalue weighted by Gasteiger charge is 2.25. The van der Waals surface area contributed by atoms with E-state index in [2.05, 4.69) is 42.7 Å². The molecule has 0 aromatic carbocycles. The van der Waals surface area contributed by atoms with Gasteiger partial charge in [0.25, 0.3) is 0 Å². The van der Waals surface area contributed by atoms with Crippen LogP contribution in [-0.2, 0) is 6.54 Å². The fourth-order valence-electron chi connectivity index (χ4n) is 3.32. The zero-order chi connectivity index (χ0) is 16.5. The number of fused-ring (bicyclic) bond motifs is 1. The van der Waals surface area contributed by atoms with E-state index in [0.29, 0.717) is 5.92 Å². The second-order valence-corrected chi connectivity index (χ2v) is 6.54. The number of hydrogen-bond acceptors (Lipinski definition) is 5. The Morgan fingerprint density at radius 1 is 1.33 bits per heavy atom. The summed E-state index contributed by atoms with van der Waals surface area (Å²) in [7, 11) is 0. The van der Waals surface area contributed by atoms with Crippen LogP contribution in [0, 0.1) is 12.8 Å².